The van der Waals surface area contributed by atoms with E-state index in [0.717, 1.165) is 0 Å². The van der Waals surface area contributed by atoms with E-state index in [2.05, 4.69) is 43.4 Å². The smallest absolute Gasteiger partial charge is 0.0328 e. The lowest BCUT2D eigenvalue weighted by Gasteiger charge is -2.25. The van der Waals surface area contributed by atoms with Crippen LogP contribution in [0.4, 0.5) is 0 Å². The number of aryl methyl sites for hydroxylation is 1. The van der Waals surface area contributed by atoms with Crippen LogP contribution in [-0.4, -0.2) is 6.04 Å². The van der Waals surface area contributed by atoms with Crippen molar-refractivity contribution in [2.24, 2.45) is 5.41 Å². The molecule has 0 amide bonds. The molecule has 1 N–H and O–H groups in total. The molecule has 0 heterocycles. The van der Waals surface area contributed by atoms with Crippen LogP contribution in [-0.2, 0) is 6.42 Å². The molecule has 0 aromatic heterocycles. The standard InChI is InChI=1S/C15H21N/c1-11(15(2)9-10-15)16-14-8-7-12-5-3-4-6-13(12)14/h3-6,11,14,16H,7-10H2,1-2H3. The van der Waals surface area contributed by atoms with Gasteiger partial charge in [0.25, 0.3) is 0 Å². The van der Waals surface area contributed by atoms with Crippen molar-refractivity contribution in [3.05, 3.63) is 35.4 Å². The summed E-state index contributed by atoms with van der Waals surface area (Å²) in [5.41, 5.74) is 3.67. The average molecular weight is 215 g/mol. The van der Waals surface area contributed by atoms with E-state index in [1.165, 1.54) is 25.7 Å². The van der Waals surface area contributed by atoms with Crippen molar-refractivity contribution in [1.82, 2.24) is 5.32 Å². The zero-order chi connectivity index (χ0) is 11.2. The fourth-order valence-corrected chi connectivity index (χ4v) is 2.86. The summed E-state index contributed by atoms with van der Waals surface area (Å²) >= 11 is 0. The highest BCUT2D eigenvalue weighted by Gasteiger charge is 2.43. The van der Waals surface area contributed by atoms with Crippen molar-refractivity contribution in [2.75, 3.05) is 0 Å². The van der Waals surface area contributed by atoms with E-state index in [1.807, 2.05) is 0 Å². The van der Waals surface area contributed by atoms with Crippen LogP contribution in [0.3, 0.4) is 0 Å². The Morgan fingerprint density at radius 1 is 1.31 bits per heavy atom. The molecule has 1 fully saturated rings. The molecule has 0 aliphatic heterocycles. The molecule has 0 saturated heterocycles. The quantitative estimate of drug-likeness (QED) is 0.814. The lowest BCUT2D eigenvalue weighted by Crippen LogP contribution is -2.35. The molecule has 16 heavy (non-hydrogen) atoms. The number of fused-ring (bicyclic) bond motifs is 1. The molecule has 2 aliphatic carbocycles. The predicted molar refractivity (Wildman–Crippen MR) is 67.4 cm³/mol. The van der Waals surface area contributed by atoms with E-state index in [-0.39, 0.29) is 0 Å². The van der Waals surface area contributed by atoms with Crippen LogP contribution in [0.25, 0.3) is 0 Å². The Bertz CT molecular complexity index is 392. The summed E-state index contributed by atoms with van der Waals surface area (Å²) in [6.45, 7) is 4.76. The second kappa shape index (κ2) is 3.59. The van der Waals surface area contributed by atoms with Gasteiger partial charge in [0.2, 0.25) is 0 Å². The number of hydrogen-bond donors (Lipinski definition) is 1. The Balaban J connectivity index is 1.73. The molecule has 1 nitrogen and oxygen atoms in total. The van der Waals surface area contributed by atoms with Crippen LogP contribution in [0.1, 0.15) is 50.3 Å². The minimum atomic E-state index is 0.581. The van der Waals surface area contributed by atoms with Crippen molar-refractivity contribution in [2.45, 2.75) is 51.6 Å². The van der Waals surface area contributed by atoms with E-state index in [9.17, 15) is 0 Å². The maximum Gasteiger partial charge on any atom is 0.0328 e. The molecule has 2 atom stereocenters. The monoisotopic (exact) mass is 215 g/mol. The van der Waals surface area contributed by atoms with Gasteiger partial charge < -0.3 is 5.32 Å². The minimum Gasteiger partial charge on any atom is -0.307 e. The Labute approximate surface area is 98.3 Å². The van der Waals surface area contributed by atoms with Crippen molar-refractivity contribution < 1.29 is 0 Å². The Kier molecular flexibility index (Phi) is 2.32. The second-order valence-corrected chi connectivity index (χ2v) is 5.83. The lowest BCUT2D eigenvalue weighted by atomic mass is 9.98. The molecule has 1 aromatic rings. The van der Waals surface area contributed by atoms with Crippen molar-refractivity contribution >= 4 is 0 Å². The molecule has 2 aliphatic rings. The fourth-order valence-electron chi connectivity index (χ4n) is 2.86. The van der Waals surface area contributed by atoms with Gasteiger partial charge in [0.15, 0.2) is 0 Å². The zero-order valence-electron chi connectivity index (χ0n) is 10.3. The van der Waals surface area contributed by atoms with Crippen molar-refractivity contribution in [3.8, 4) is 0 Å². The first-order valence-electron chi connectivity index (χ1n) is 6.53. The zero-order valence-corrected chi connectivity index (χ0v) is 10.3. The summed E-state index contributed by atoms with van der Waals surface area (Å²) in [5.74, 6) is 0. The minimum absolute atomic E-state index is 0.581. The van der Waals surface area contributed by atoms with Gasteiger partial charge in [0.05, 0.1) is 0 Å². The summed E-state index contributed by atoms with van der Waals surface area (Å²) in [4.78, 5) is 0. The largest absolute Gasteiger partial charge is 0.307 e. The summed E-state index contributed by atoms with van der Waals surface area (Å²) < 4.78 is 0. The number of benzene rings is 1. The number of rotatable bonds is 3. The topological polar surface area (TPSA) is 12.0 Å². The van der Waals surface area contributed by atoms with E-state index in [0.29, 0.717) is 17.5 Å². The Hall–Kier alpha value is -0.820. The van der Waals surface area contributed by atoms with Crippen LogP contribution >= 0.6 is 0 Å². The molecule has 86 valence electrons. The van der Waals surface area contributed by atoms with Crippen molar-refractivity contribution in [3.63, 3.8) is 0 Å². The first-order valence-corrected chi connectivity index (χ1v) is 6.53. The maximum absolute atomic E-state index is 3.84. The molecule has 2 unspecified atom stereocenters. The molecular formula is C15H21N. The first kappa shape index (κ1) is 10.3. The van der Waals surface area contributed by atoms with Gasteiger partial charge >= 0.3 is 0 Å². The van der Waals surface area contributed by atoms with Gasteiger partial charge in [-0.05, 0) is 49.1 Å². The van der Waals surface area contributed by atoms with E-state index >= 15 is 0 Å². The first-order chi connectivity index (χ1) is 7.69. The van der Waals surface area contributed by atoms with Crippen LogP contribution in [0, 0.1) is 5.41 Å². The molecule has 1 aromatic carbocycles. The lowest BCUT2D eigenvalue weighted by molar-refractivity contribution is 0.339. The highest BCUT2D eigenvalue weighted by molar-refractivity contribution is 5.34. The van der Waals surface area contributed by atoms with Gasteiger partial charge in [-0.3, -0.25) is 0 Å². The summed E-state index contributed by atoms with van der Waals surface area (Å²) in [6, 6.07) is 10.2. The fraction of sp³-hybridized carbons (Fsp3) is 0.600. The summed E-state index contributed by atoms with van der Waals surface area (Å²) in [6.07, 6.45) is 5.32. The third-order valence-electron chi connectivity index (χ3n) is 4.67. The number of hydrogen-bond acceptors (Lipinski definition) is 1. The average Bonchev–Trinajstić information content (AvgIpc) is 2.92. The predicted octanol–water partition coefficient (Wildman–Crippen LogP) is 3.45. The molecule has 1 saturated carbocycles. The summed E-state index contributed by atoms with van der Waals surface area (Å²) in [5, 5.41) is 3.84. The van der Waals surface area contributed by atoms with Gasteiger partial charge in [0, 0.05) is 12.1 Å². The van der Waals surface area contributed by atoms with Gasteiger partial charge in [-0.15, -0.1) is 0 Å². The number of nitrogens with one attached hydrogen (secondary N) is 1. The van der Waals surface area contributed by atoms with E-state index in [1.54, 1.807) is 11.1 Å². The van der Waals surface area contributed by atoms with Gasteiger partial charge in [0.1, 0.15) is 0 Å². The van der Waals surface area contributed by atoms with Gasteiger partial charge in [-0.2, -0.15) is 0 Å². The molecular weight excluding hydrogens is 194 g/mol. The maximum atomic E-state index is 3.84. The molecule has 1 heteroatoms. The van der Waals surface area contributed by atoms with Crippen LogP contribution in [0.2, 0.25) is 0 Å². The third kappa shape index (κ3) is 1.67. The van der Waals surface area contributed by atoms with Gasteiger partial charge in [-0.1, -0.05) is 31.2 Å². The van der Waals surface area contributed by atoms with Crippen LogP contribution in [0.15, 0.2) is 24.3 Å². The van der Waals surface area contributed by atoms with Crippen molar-refractivity contribution in [1.29, 1.82) is 0 Å². The highest BCUT2D eigenvalue weighted by Crippen LogP contribution is 2.49. The molecule has 0 spiro atoms. The normalized spacial score (nSPS) is 27.5. The second-order valence-electron chi connectivity index (χ2n) is 5.83. The Morgan fingerprint density at radius 2 is 2.06 bits per heavy atom. The van der Waals surface area contributed by atoms with Crippen LogP contribution in [0.5, 0.6) is 0 Å². The highest BCUT2D eigenvalue weighted by atomic mass is 15.0. The molecule has 0 radical (unpaired) electrons. The van der Waals surface area contributed by atoms with Gasteiger partial charge in [-0.25, -0.2) is 0 Å². The SMILES string of the molecule is CC(NC1CCc2ccccc21)C1(C)CC1. The Morgan fingerprint density at radius 3 is 2.81 bits per heavy atom. The molecule has 0 bridgehead atoms. The molecule has 3 rings (SSSR count). The van der Waals surface area contributed by atoms with E-state index < -0.39 is 0 Å². The van der Waals surface area contributed by atoms with E-state index in [4.69, 9.17) is 0 Å². The summed E-state index contributed by atoms with van der Waals surface area (Å²) in [7, 11) is 0. The third-order valence-corrected chi connectivity index (χ3v) is 4.67. The van der Waals surface area contributed by atoms with Crippen LogP contribution < -0.4 is 5.32 Å².